The molecule has 0 aromatic carbocycles. The lowest BCUT2D eigenvalue weighted by Gasteiger charge is -2.31. The standard InChI is InChI=1S/C14H20N2O2/c17-14(18)13(16-9-2-1-3-10-16)7-6-12-5-4-8-15-11-12/h4-5,8,11,13H,1-3,6-7,9-10H2,(H,17,18). The SMILES string of the molecule is O=C(O)C(CCc1cccnc1)N1CCCCC1. The van der Waals surface area contributed by atoms with E-state index in [0.717, 1.165) is 37.9 Å². The molecule has 1 atom stereocenters. The van der Waals surface area contributed by atoms with Gasteiger partial charge in [0.15, 0.2) is 0 Å². The van der Waals surface area contributed by atoms with E-state index in [4.69, 9.17) is 0 Å². The van der Waals surface area contributed by atoms with Crippen LogP contribution in [0.1, 0.15) is 31.2 Å². The van der Waals surface area contributed by atoms with Crippen LogP contribution in [-0.2, 0) is 11.2 Å². The fourth-order valence-electron chi connectivity index (χ4n) is 2.54. The van der Waals surface area contributed by atoms with Crippen molar-refractivity contribution in [3.8, 4) is 0 Å². The van der Waals surface area contributed by atoms with Crippen LogP contribution in [0.5, 0.6) is 0 Å². The lowest BCUT2D eigenvalue weighted by atomic mass is 10.0. The van der Waals surface area contributed by atoms with Crippen LogP contribution in [0.2, 0.25) is 0 Å². The largest absolute Gasteiger partial charge is 0.480 e. The molecule has 0 amide bonds. The molecule has 0 bridgehead atoms. The summed E-state index contributed by atoms with van der Waals surface area (Å²) in [7, 11) is 0. The third-order valence-corrected chi connectivity index (χ3v) is 3.55. The first kappa shape index (κ1) is 13.0. The highest BCUT2D eigenvalue weighted by molar-refractivity contribution is 5.73. The minimum absolute atomic E-state index is 0.342. The van der Waals surface area contributed by atoms with Gasteiger partial charge in [-0.3, -0.25) is 14.7 Å². The van der Waals surface area contributed by atoms with E-state index in [0.29, 0.717) is 6.42 Å². The summed E-state index contributed by atoms with van der Waals surface area (Å²) in [6, 6.07) is 3.55. The molecule has 1 fully saturated rings. The molecule has 4 nitrogen and oxygen atoms in total. The lowest BCUT2D eigenvalue weighted by Crippen LogP contribution is -2.44. The quantitative estimate of drug-likeness (QED) is 0.865. The summed E-state index contributed by atoms with van der Waals surface area (Å²) in [6.45, 7) is 1.84. The molecular formula is C14H20N2O2. The van der Waals surface area contributed by atoms with Gasteiger partial charge in [-0.15, -0.1) is 0 Å². The van der Waals surface area contributed by atoms with Gasteiger partial charge in [0.05, 0.1) is 0 Å². The molecule has 0 radical (unpaired) electrons. The monoisotopic (exact) mass is 248 g/mol. The van der Waals surface area contributed by atoms with Crippen LogP contribution in [-0.4, -0.2) is 40.1 Å². The van der Waals surface area contributed by atoms with Crippen LogP contribution in [0.3, 0.4) is 0 Å². The first-order valence-electron chi connectivity index (χ1n) is 6.63. The van der Waals surface area contributed by atoms with Gasteiger partial charge in [0, 0.05) is 12.4 Å². The molecule has 2 heterocycles. The molecule has 1 aliphatic heterocycles. The van der Waals surface area contributed by atoms with Crippen LogP contribution in [0.15, 0.2) is 24.5 Å². The number of hydrogen-bond donors (Lipinski definition) is 1. The molecule has 1 unspecified atom stereocenters. The smallest absolute Gasteiger partial charge is 0.320 e. The van der Waals surface area contributed by atoms with Crippen LogP contribution < -0.4 is 0 Å². The summed E-state index contributed by atoms with van der Waals surface area (Å²) in [5, 5.41) is 9.35. The minimum Gasteiger partial charge on any atom is -0.480 e. The summed E-state index contributed by atoms with van der Waals surface area (Å²) < 4.78 is 0. The number of pyridine rings is 1. The Morgan fingerprint density at radius 3 is 2.78 bits per heavy atom. The average Bonchev–Trinajstić information content (AvgIpc) is 2.41. The van der Waals surface area contributed by atoms with Gasteiger partial charge in [-0.1, -0.05) is 12.5 Å². The highest BCUT2D eigenvalue weighted by atomic mass is 16.4. The van der Waals surface area contributed by atoms with E-state index in [2.05, 4.69) is 9.88 Å². The van der Waals surface area contributed by atoms with E-state index in [1.165, 1.54) is 6.42 Å². The third-order valence-electron chi connectivity index (χ3n) is 3.55. The topological polar surface area (TPSA) is 53.4 Å². The minimum atomic E-state index is -0.694. The van der Waals surface area contributed by atoms with E-state index in [-0.39, 0.29) is 6.04 Å². The van der Waals surface area contributed by atoms with Gasteiger partial charge in [-0.05, 0) is 50.4 Å². The summed E-state index contributed by atoms with van der Waals surface area (Å²) >= 11 is 0. The van der Waals surface area contributed by atoms with Gasteiger partial charge in [-0.2, -0.15) is 0 Å². The van der Waals surface area contributed by atoms with Crippen LogP contribution in [0.4, 0.5) is 0 Å². The van der Waals surface area contributed by atoms with Crippen molar-refractivity contribution in [2.24, 2.45) is 0 Å². The number of rotatable bonds is 5. The van der Waals surface area contributed by atoms with Crippen molar-refractivity contribution >= 4 is 5.97 Å². The Morgan fingerprint density at radius 1 is 1.39 bits per heavy atom. The van der Waals surface area contributed by atoms with Crippen molar-refractivity contribution in [3.05, 3.63) is 30.1 Å². The molecule has 1 aromatic rings. The van der Waals surface area contributed by atoms with Crippen molar-refractivity contribution in [2.75, 3.05) is 13.1 Å². The molecule has 2 rings (SSSR count). The molecule has 1 saturated heterocycles. The van der Waals surface area contributed by atoms with Gasteiger partial charge < -0.3 is 5.11 Å². The Bertz CT molecular complexity index is 375. The fourth-order valence-corrected chi connectivity index (χ4v) is 2.54. The average molecular weight is 248 g/mol. The number of carbonyl (C=O) groups is 1. The van der Waals surface area contributed by atoms with E-state index >= 15 is 0 Å². The molecule has 18 heavy (non-hydrogen) atoms. The number of carboxylic acid groups (broad SMARTS) is 1. The lowest BCUT2D eigenvalue weighted by molar-refractivity contribution is -0.144. The zero-order valence-electron chi connectivity index (χ0n) is 10.6. The summed E-state index contributed by atoms with van der Waals surface area (Å²) in [6.07, 6.45) is 8.47. The molecular weight excluding hydrogens is 228 g/mol. The second kappa shape index (κ2) is 6.50. The summed E-state index contributed by atoms with van der Waals surface area (Å²) in [5.74, 6) is -0.694. The van der Waals surface area contributed by atoms with Crippen molar-refractivity contribution in [1.82, 2.24) is 9.88 Å². The Kier molecular flexibility index (Phi) is 4.70. The molecule has 1 aromatic heterocycles. The van der Waals surface area contributed by atoms with Gasteiger partial charge in [-0.25, -0.2) is 0 Å². The second-order valence-corrected chi connectivity index (χ2v) is 4.85. The van der Waals surface area contributed by atoms with Crippen molar-refractivity contribution in [1.29, 1.82) is 0 Å². The summed E-state index contributed by atoms with van der Waals surface area (Å²) in [4.78, 5) is 17.5. The molecule has 0 saturated carbocycles. The van der Waals surface area contributed by atoms with Crippen molar-refractivity contribution in [3.63, 3.8) is 0 Å². The van der Waals surface area contributed by atoms with E-state index in [9.17, 15) is 9.90 Å². The number of nitrogens with zero attached hydrogens (tertiary/aromatic N) is 2. The Balaban J connectivity index is 1.92. The highest BCUT2D eigenvalue weighted by Gasteiger charge is 2.26. The zero-order valence-corrected chi connectivity index (χ0v) is 10.6. The van der Waals surface area contributed by atoms with Crippen molar-refractivity contribution in [2.45, 2.75) is 38.1 Å². The maximum atomic E-state index is 11.4. The number of aliphatic carboxylic acids is 1. The van der Waals surface area contributed by atoms with E-state index in [1.54, 1.807) is 6.20 Å². The van der Waals surface area contributed by atoms with Gasteiger partial charge in [0.1, 0.15) is 6.04 Å². The van der Waals surface area contributed by atoms with Gasteiger partial charge >= 0.3 is 5.97 Å². The number of piperidine rings is 1. The van der Waals surface area contributed by atoms with Crippen LogP contribution >= 0.6 is 0 Å². The first-order valence-corrected chi connectivity index (χ1v) is 6.63. The third kappa shape index (κ3) is 3.53. The van der Waals surface area contributed by atoms with E-state index < -0.39 is 5.97 Å². The van der Waals surface area contributed by atoms with Crippen LogP contribution in [0, 0.1) is 0 Å². The van der Waals surface area contributed by atoms with Crippen molar-refractivity contribution < 1.29 is 9.90 Å². The molecule has 1 N–H and O–H groups in total. The number of carboxylic acids is 1. The predicted octanol–water partition coefficient (Wildman–Crippen LogP) is 1.95. The number of aromatic nitrogens is 1. The maximum Gasteiger partial charge on any atom is 0.320 e. The number of likely N-dealkylation sites (tertiary alicyclic amines) is 1. The Hall–Kier alpha value is -1.42. The molecule has 98 valence electrons. The number of hydrogen-bond acceptors (Lipinski definition) is 3. The zero-order chi connectivity index (χ0) is 12.8. The molecule has 4 heteroatoms. The molecule has 0 spiro atoms. The normalized spacial score (nSPS) is 18.4. The number of aryl methyl sites for hydroxylation is 1. The van der Waals surface area contributed by atoms with Gasteiger partial charge in [0.2, 0.25) is 0 Å². The predicted molar refractivity (Wildman–Crippen MR) is 69.4 cm³/mol. The second-order valence-electron chi connectivity index (χ2n) is 4.85. The Labute approximate surface area is 108 Å². The maximum absolute atomic E-state index is 11.4. The van der Waals surface area contributed by atoms with E-state index in [1.807, 2.05) is 18.3 Å². The molecule has 0 aliphatic carbocycles. The Morgan fingerprint density at radius 2 is 2.17 bits per heavy atom. The molecule has 1 aliphatic rings. The highest BCUT2D eigenvalue weighted by Crippen LogP contribution is 2.16. The summed E-state index contributed by atoms with van der Waals surface area (Å²) in [5.41, 5.74) is 1.11. The van der Waals surface area contributed by atoms with Crippen LogP contribution in [0.25, 0.3) is 0 Å². The first-order chi connectivity index (χ1) is 8.77. The fraction of sp³-hybridized carbons (Fsp3) is 0.571. The van der Waals surface area contributed by atoms with Gasteiger partial charge in [0.25, 0.3) is 0 Å².